The number of nitrogens with one attached hydrogen (secondary N) is 1. The van der Waals surface area contributed by atoms with Crippen LogP contribution in [-0.2, 0) is 14.8 Å². The number of nitrogens with two attached hydrogens (primary N) is 1. The third kappa shape index (κ3) is 2.57. The Labute approximate surface area is 121 Å². The van der Waals surface area contributed by atoms with Crippen molar-refractivity contribution in [2.45, 2.75) is 35.9 Å². The van der Waals surface area contributed by atoms with Gasteiger partial charge in [-0.15, -0.1) is 0 Å². The Hall–Kier alpha value is -1.09. The smallest absolute Gasteiger partial charge is 0.243 e. The molecule has 0 spiro atoms. The van der Waals surface area contributed by atoms with Crippen molar-refractivity contribution in [2.75, 3.05) is 6.61 Å². The van der Waals surface area contributed by atoms with Crippen LogP contribution in [-0.4, -0.2) is 33.2 Å². The highest BCUT2D eigenvalue weighted by atomic mass is 32.2. The third-order valence-corrected chi connectivity index (χ3v) is 5.63. The number of ether oxygens (including phenoxy) is 1. The predicted octanol–water partition coefficient (Wildman–Crippen LogP) is 0.748. The van der Waals surface area contributed by atoms with Gasteiger partial charge in [0.2, 0.25) is 10.0 Å². The van der Waals surface area contributed by atoms with Gasteiger partial charge in [0.1, 0.15) is 16.5 Å². The maximum Gasteiger partial charge on any atom is 0.243 e. The van der Waals surface area contributed by atoms with Gasteiger partial charge >= 0.3 is 0 Å². The van der Waals surface area contributed by atoms with Gasteiger partial charge in [0, 0.05) is 18.6 Å². The number of fused-ring (bicyclic) bond motifs is 1. The predicted molar refractivity (Wildman–Crippen MR) is 70.9 cm³/mol. The number of sulfonamides is 1. The number of hydrogen-bond donors (Lipinski definition) is 2. The Morgan fingerprint density at radius 3 is 2.86 bits per heavy atom. The molecule has 8 heteroatoms. The van der Waals surface area contributed by atoms with Gasteiger partial charge in [0.15, 0.2) is 0 Å². The molecule has 4 unspecified atom stereocenters. The van der Waals surface area contributed by atoms with Gasteiger partial charge < -0.3 is 10.5 Å². The molecule has 2 fully saturated rings. The van der Waals surface area contributed by atoms with E-state index < -0.39 is 32.6 Å². The number of benzene rings is 1. The molecule has 5 nitrogen and oxygen atoms in total. The van der Waals surface area contributed by atoms with Crippen LogP contribution < -0.4 is 10.5 Å². The molecule has 4 atom stereocenters. The van der Waals surface area contributed by atoms with Gasteiger partial charge in [-0.25, -0.2) is 21.9 Å². The van der Waals surface area contributed by atoms with E-state index in [1.54, 1.807) is 0 Å². The van der Waals surface area contributed by atoms with E-state index in [1.165, 1.54) is 0 Å². The number of halogens is 2. The van der Waals surface area contributed by atoms with Crippen molar-refractivity contribution in [2.24, 2.45) is 11.7 Å². The first-order valence-corrected chi connectivity index (χ1v) is 8.23. The van der Waals surface area contributed by atoms with E-state index in [1.807, 2.05) is 0 Å². The van der Waals surface area contributed by atoms with Gasteiger partial charge in [-0.2, -0.15) is 0 Å². The van der Waals surface area contributed by atoms with Crippen LogP contribution in [0.15, 0.2) is 23.1 Å². The Morgan fingerprint density at radius 2 is 2.10 bits per heavy atom. The molecule has 3 N–H and O–H groups in total. The summed E-state index contributed by atoms with van der Waals surface area (Å²) in [5.74, 6) is -1.71. The van der Waals surface area contributed by atoms with Gasteiger partial charge in [-0.3, -0.25) is 0 Å². The molecule has 2 aliphatic rings. The molecule has 1 saturated carbocycles. The number of rotatable bonds is 3. The average Bonchev–Trinajstić information content (AvgIpc) is 2.47. The summed E-state index contributed by atoms with van der Waals surface area (Å²) in [6.45, 7) is 0.556. The molecule has 0 radical (unpaired) electrons. The summed E-state index contributed by atoms with van der Waals surface area (Å²) in [6, 6.07) is 1.32. The lowest BCUT2D eigenvalue weighted by Crippen LogP contribution is -2.71. The molecule has 3 rings (SSSR count). The molecule has 0 aromatic heterocycles. The molecule has 116 valence electrons. The second-order valence-electron chi connectivity index (χ2n) is 5.44. The number of hydrogen-bond acceptors (Lipinski definition) is 4. The summed E-state index contributed by atoms with van der Waals surface area (Å²) >= 11 is 0. The monoisotopic (exact) mass is 318 g/mol. The van der Waals surface area contributed by atoms with Crippen LogP contribution in [0.5, 0.6) is 0 Å². The standard InChI is InChI=1S/C13H16F2N2O3S/c14-7-3-4-9(15)10(6-7)21(18,19)17-12-11(16)8-2-1-5-20-13(8)12/h3-4,6,8,11-13,17H,1-2,5,16H2. The van der Waals surface area contributed by atoms with Crippen molar-refractivity contribution >= 4 is 10.0 Å². The second-order valence-corrected chi connectivity index (χ2v) is 7.12. The lowest BCUT2D eigenvalue weighted by Gasteiger charge is -2.52. The third-order valence-electron chi connectivity index (χ3n) is 4.15. The molecule has 0 amide bonds. The van der Waals surface area contributed by atoms with Crippen LogP contribution in [0.1, 0.15) is 12.8 Å². The lowest BCUT2D eigenvalue weighted by molar-refractivity contribution is -0.114. The van der Waals surface area contributed by atoms with Crippen LogP contribution in [0.25, 0.3) is 0 Å². The highest BCUT2D eigenvalue weighted by Gasteiger charge is 2.52. The van der Waals surface area contributed by atoms with E-state index in [2.05, 4.69) is 4.72 Å². The summed E-state index contributed by atoms with van der Waals surface area (Å²) in [5, 5.41) is 0. The summed E-state index contributed by atoms with van der Waals surface area (Å²) in [6.07, 6.45) is 1.49. The highest BCUT2D eigenvalue weighted by molar-refractivity contribution is 7.89. The summed E-state index contributed by atoms with van der Waals surface area (Å²) in [5.41, 5.74) is 5.96. The van der Waals surface area contributed by atoms with E-state index >= 15 is 0 Å². The molecule has 21 heavy (non-hydrogen) atoms. The largest absolute Gasteiger partial charge is 0.376 e. The Morgan fingerprint density at radius 1 is 1.33 bits per heavy atom. The van der Waals surface area contributed by atoms with Crippen LogP contribution in [0, 0.1) is 17.6 Å². The van der Waals surface area contributed by atoms with Crippen LogP contribution >= 0.6 is 0 Å². The first kappa shape index (κ1) is 14.8. The Balaban J connectivity index is 1.82. The average molecular weight is 318 g/mol. The molecule has 1 aromatic rings. The molecular weight excluding hydrogens is 302 g/mol. The zero-order valence-corrected chi connectivity index (χ0v) is 11.9. The topological polar surface area (TPSA) is 81.4 Å². The molecular formula is C13H16F2N2O3S. The summed E-state index contributed by atoms with van der Waals surface area (Å²) in [4.78, 5) is -0.714. The first-order valence-electron chi connectivity index (χ1n) is 6.75. The summed E-state index contributed by atoms with van der Waals surface area (Å²) in [7, 11) is -4.18. The van der Waals surface area contributed by atoms with Gasteiger partial charge in [0.25, 0.3) is 0 Å². The van der Waals surface area contributed by atoms with Crippen LogP contribution in [0.2, 0.25) is 0 Å². The van der Waals surface area contributed by atoms with Crippen LogP contribution in [0.3, 0.4) is 0 Å². The van der Waals surface area contributed by atoms with E-state index in [0.29, 0.717) is 12.7 Å². The molecule has 1 aliphatic heterocycles. The van der Waals surface area contributed by atoms with E-state index in [9.17, 15) is 17.2 Å². The Bertz CT molecular complexity index is 653. The fraction of sp³-hybridized carbons (Fsp3) is 0.538. The van der Waals surface area contributed by atoms with Crippen molar-refractivity contribution in [1.29, 1.82) is 0 Å². The molecule has 0 bridgehead atoms. The fourth-order valence-corrected chi connectivity index (χ4v) is 4.39. The fourth-order valence-electron chi connectivity index (χ4n) is 3.02. The summed E-state index contributed by atoms with van der Waals surface area (Å²) < 4.78 is 59.0. The molecule has 1 aromatic carbocycles. The van der Waals surface area contributed by atoms with E-state index in [4.69, 9.17) is 10.5 Å². The maximum atomic E-state index is 13.6. The normalized spacial score (nSPS) is 32.3. The Kier molecular flexibility index (Phi) is 3.73. The molecule has 1 aliphatic carbocycles. The SMILES string of the molecule is NC1C2CCCOC2C1NS(=O)(=O)c1cc(F)ccc1F. The van der Waals surface area contributed by atoms with Crippen molar-refractivity contribution in [1.82, 2.24) is 4.72 Å². The maximum absolute atomic E-state index is 13.6. The van der Waals surface area contributed by atoms with Crippen molar-refractivity contribution < 1.29 is 21.9 Å². The lowest BCUT2D eigenvalue weighted by atomic mass is 9.69. The van der Waals surface area contributed by atoms with Crippen molar-refractivity contribution in [3.63, 3.8) is 0 Å². The minimum atomic E-state index is -4.18. The van der Waals surface area contributed by atoms with Crippen molar-refractivity contribution in [3.05, 3.63) is 29.8 Å². The zero-order valence-electron chi connectivity index (χ0n) is 11.1. The quantitative estimate of drug-likeness (QED) is 0.862. The van der Waals surface area contributed by atoms with E-state index in [0.717, 1.165) is 25.0 Å². The zero-order chi connectivity index (χ0) is 15.2. The highest BCUT2D eigenvalue weighted by Crippen LogP contribution is 2.37. The van der Waals surface area contributed by atoms with Gasteiger partial charge in [0.05, 0.1) is 12.1 Å². The second kappa shape index (κ2) is 5.28. The van der Waals surface area contributed by atoms with Crippen LogP contribution in [0.4, 0.5) is 8.78 Å². The first-order chi connectivity index (χ1) is 9.90. The van der Waals surface area contributed by atoms with Gasteiger partial charge in [-0.05, 0) is 31.0 Å². The molecule has 1 heterocycles. The minimum Gasteiger partial charge on any atom is -0.376 e. The van der Waals surface area contributed by atoms with Gasteiger partial charge in [-0.1, -0.05) is 0 Å². The minimum absolute atomic E-state index is 0.115. The van der Waals surface area contributed by atoms with Crippen molar-refractivity contribution in [3.8, 4) is 0 Å². The molecule has 1 saturated heterocycles. The van der Waals surface area contributed by atoms with E-state index in [-0.39, 0.29) is 18.1 Å².